The highest BCUT2D eigenvalue weighted by molar-refractivity contribution is 6.30. The van der Waals surface area contributed by atoms with Crippen molar-refractivity contribution in [3.05, 3.63) is 34.9 Å². The molecule has 3 heterocycles. The van der Waals surface area contributed by atoms with Gasteiger partial charge in [-0.05, 0) is 49.8 Å². The van der Waals surface area contributed by atoms with Crippen molar-refractivity contribution >= 4 is 23.5 Å². The third-order valence-electron chi connectivity index (χ3n) is 6.15. The van der Waals surface area contributed by atoms with Gasteiger partial charge in [-0.25, -0.2) is 0 Å². The number of aromatic nitrogens is 3. The molecule has 3 N–H and O–H groups in total. The number of H-pyrrole nitrogens is 1. The van der Waals surface area contributed by atoms with Crippen LogP contribution in [0, 0.1) is 0 Å². The number of hydrogen-bond acceptors (Lipinski definition) is 6. The molecule has 0 aliphatic carbocycles. The summed E-state index contributed by atoms with van der Waals surface area (Å²) in [6, 6.07) is 9.39. The summed E-state index contributed by atoms with van der Waals surface area (Å²) >= 11 is 6.06. The van der Waals surface area contributed by atoms with E-state index in [0.29, 0.717) is 24.1 Å². The van der Waals surface area contributed by atoms with E-state index in [1.165, 1.54) is 12.0 Å². The van der Waals surface area contributed by atoms with Crippen molar-refractivity contribution in [1.29, 1.82) is 0 Å². The number of nitrogens with two attached hydrogens (primary N) is 1. The van der Waals surface area contributed by atoms with Crippen LogP contribution in [0.15, 0.2) is 24.3 Å². The molecule has 2 atom stereocenters. The maximum atomic E-state index is 6.06. The molecule has 0 spiro atoms. The van der Waals surface area contributed by atoms with Gasteiger partial charge in [0.2, 0.25) is 11.9 Å². The minimum Gasteiger partial charge on any atom is -0.380 e. The van der Waals surface area contributed by atoms with Crippen LogP contribution in [0.1, 0.15) is 31.2 Å². The molecule has 8 heteroatoms. The molecule has 0 saturated carbocycles. The molecule has 7 nitrogen and oxygen atoms in total. The molecule has 152 valence electrons. The number of nitrogen functional groups attached to an aromatic ring is 1. The van der Waals surface area contributed by atoms with Gasteiger partial charge >= 0.3 is 0 Å². The van der Waals surface area contributed by atoms with E-state index in [9.17, 15) is 0 Å². The number of rotatable bonds is 5. The molecule has 2 aliphatic heterocycles. The van der Waals surface area contributed by atoms with E-state index in [1.54, 1.807) is 0 Å². The fourth-order valence-electron chi connectivity index (χ4n) is 4.59. The summed E-state index contributed by atoms with van der Waals surface area (Å²) in [5.74, 6) is 1.15. The summed E-state index contributed by atoms with van der Waals surface area (Å²) in [5, 5.41) is 8.81. The Kier molecular flexibility index (Phi) is 6.04. The fourth-order valence-corrected chi connectivity index (χ4v) is 4.71. The Morgan fingerprint density at radius 2 is 1.89 bits per heavy atom. The second-order valence-corrected chi connectivity index (χ2v) is 8.30. The van der Waals surface area contributed by atoms with E-state index in [1.807, 2.05) is 19.2 Å². The zero-order valence-corrected chi connectivity index (χ0v) is 17.1. The SMILES string of the molecule is COC1CCC(Cc2ccc(Cl)cc2)N(C2CCN(c3nnc(N)[nH]3)CC2)C1. The lowest BCUT2D eigenvalue weighted by Crippen LogP contribution is -2.55. The van der Waals surface area contributed by atoms with Crippen LogP contribution < -0.4 is 10.6 Å². The van der Waals surface area contributed by atoms with Gasteiger partial charge in [-0.3, -0.25) is 9.88 Å². The molecule has 4 rings (SSSR count). The maximum absolute atomic E-state index is 6.06. The topological polar surface area (TPSA) is 83.3 Å². The van der Waals surface area contributed by atoms with Gasteiger partial charge in [-0.1, -0.05) is 23.7 Å². The number of nitrogens with zero attached hydrogens (tertiary/aromatic N) is 4. The van der Waals surface area contributed by atoms with E-state index in [4.69, 9.17) is 22.1 Å². The Hall–Kier alpha value is -1.83. The Morgan fingerprint density at radius 1 is 1.14 bits per heavy atom. The molecule has 2 aliphatic rings. The number of piperidine rings is 2. The first-order chi connectivity index (χ1) is 13.6. The van der Waals surface area contributed by atoms with E-state index >= 15 is 0 Å². The second kappa shape index (κ2) is 8.68. The molecule has 0 bridgehead atoms. The lowest BCUT2D eigenvalue weighted by Gasteiger charge is -2.46. The van der Waals surface area contributed by atoms with Gasteiger partial charge in [-0.15, -0.1) is 10.2 Å². The summed E-state index contributed by atoms with van der Waals surface area (Å²) in [6.45, 7) is 2.93. The van der Waals surface area contributed by atoms with Gasteiger partial charge in [-0.2, -0.15) is 0 Å². The van der Waals surface area contributed by atoms with E-state index in [0.717, 1.165) is 56.3 Å². The summed E-state index contributed by atoms with van der Waals surface area (Å²) in [7, 11) is 1.83. The van der Waals surface area contributed by atoms with E-state index in [2.05, 4.69) is 37.1 Å². The number of methoxy groups -OCH3 is 1. The van der Waals surface area contributed by atoms with Crippen LogP contribution in [0.3, 0.4) is 0 Å². The van der Waals surface area contributed by atoms with Gasteiger partial charge in [0.15, 0.2) is 0 Å². The van der Waals surface area contributed by atoms with Crippen LogP contribution in [0.2, 0.25) is 5.02 Å². The maximum Gasteiger partial charge on any atom is 0.226 e. The van der Waals surface area contributed by atoms with Crippen molar-refractivity contribution in [2.45, 2.75) is 50.3 Å². The zero-order valence-electron chi connectivity index (χ0n) is 16.4. The average Bonchev–Trinajstić information content (AvgIpc) is 3.16. The molecule has 2 aromatic rings. The number of aromatic amines is 1. The lowest BCUT2D eigenvalue weighted by atomic mass is 9.90. The van der Waals surface area contributed by atoms with Crippen LogP contribution in [0.25, 0.3) is 0 Å². The second-order valence-electron chi connectivity index (χ2n) is 7.87. The number of halogens is 1. The molecule has 2 fully saturated rings. The predicted octanol–water partition coefficient (Wildman–Crippen LogP) is 2.73. The van der Waals surface area contributed by atoms with Crippen LogP contribution in [-0.4, -0.2) is 65.0 Å². The fraction of sp³-hybridized carbons (Fsp3) is 0.600. The van der Waals surface area contributed by atoms with Crippen molar-refractivity contribution in [3.63, 3.8) is 0 Å². The monoisotopic (exact) mass is 404 g/mol. The number of benzene rings is 1. The van der Waals surface area contributed by atoms with Crippen molar-refractivity contribution in [1.82, 2.24) is 20.1 Å². The van der Waals surface area contributed by atoms with Gasteiger partial charge in [0.05, 0.1) is 6.10 Å². The van der Waals surface area contributed by atoms with Crippen molar-refractivity contribution in [2.75, 3.05) is 37.4 Å². The quantitative estimate of drug-likeness (QED) is 0.797. The standard InChI is InChI=1S/C20H29ClN6O/c1-28-18-7-6-17(12-14-2-4-15(21)5-3-14)27(13-18)16-8-10-26(11-9-16)20-23-19(22)24-25-20/h2-5,16-18H,6-13H2,1H3,(H3,22,23,24,25). The first kappa shape index (κ1) is 19.5. The first-order valence-corrected chi connectivity index (χ1v) is 10.5. The Labute approximate surface area is 171 Å². The van der Waals surface area contributed by atoms with Crippen LogP contribution in [0.5, 0.6) is 0 Å². The molecule has 1 aromatic carbocycles. The smallest absolute Gasteiger partial charge is 0.226 e. The first-order valence-electron chi connectivity index (χ1n) is 10.1. The van der Waals surface area contributed by atoms with Crippen LogP contribution in [0.4, 0.5) is 11.9 Å². The highest BCUT2D eigenvalue weighted by Crippen LogP contribution is 2.29. The Morgan fingerprint density at radius 3 is 2.54 bits per heavy atom. The average molecular weight is 405 g/mol. The molecule has 1 aromatic heterocycles. The van der Waals surface area contributed by atoms with E-state index in [-0.39, 0.29) is 0 Å². The number of anilines is 2. The Bertz CT molecular complexity index is 758. The highest BCUT2D eigenvalue weighted by Gasteiger charge is 2.35. The Balaban J connectivity index is 1.42. The summed E-state index contributed by atoms with van der Waals surface area (Å²) in [5.41, 5.74) is 7.03. The number of nitrogens with one attached hydrogen (secondary N) is 1. The largest absolute Gasteiger partial charge is 0.380 e. The minimum absolute atomic E-state index is 0.327. The molecule has 2 saturated heterocycles. The number of hydrogen-bond donors (Lipinski definition) is 2. The molecule has 28 heavy (non-hydrogen) atoms. The molecule has 0 radical (unpaired) electrons. The lowest BCUT2D eigenvalue weighted by molar-refractivity contribution is -0.0193. The number of ether oxygens (including phenoxy) is 1. The normalized spacial score (nSPS) is 24.6. The highest BCUT2D eigenvalue weighted by atomic mass is 35.5. The van der Waals surface area contributed by atoms with Gasteiger partial charge in [0.25, 0.3) is 0 Å². The van der Waals surface area contributed by atoms with Crippen LogP contribution in [-0.2, 0) is 11.2 Å². The van der Waals surface area contributed by atoms with Gasteiger partial charge < -0.3 is 15.4 Å². The summed E-state index contributed by atoms with van der Waals surface area (Å²) < 4.78 is 5.71. The van der Waals surface area contributed by atoms with Crippen molar-refractivity contribution < 1.29 is 4.74 Å². The third kappa shape index (κ3) is 4.42. The molecular weight excluding hydrogens is 376 g/mol. The summed E-state index contributed by atoms with van der Waals surface area (Å²) in [4.78, 5) is 7.97. The minimum atomic E-state index is 0.327. The van der Waals surface area contributed by atoms with Crippen LogP contribution >= 0.6 is 11.6 Å². The summed E-state index contributed by atoms with van der Waals surface area (Å²) in [6.07, 6.45) is 5.89. The number of likely N-dealkylation sites (tertiary alicyclic amines) is 1. The van der Waals surface area contributed by atoms with Gasteiger partial charge in [0.1, 0.15) is 0 Å². The van der Waals surface area contributed by atoms with Crippen molar-refractivity contribution in [2.24, 2.45) is 0 Å². The van der Waals surface area contributed by atoms with E-state index < -0.39 is 0 Å². The third-order valence-corrected chi connectivity index (χ3v) is 6.40. The van der Waals surface area contributed by atoms with Crippen molar-refractivity contribution in [3.8, 4) is 0 Å². The van der Waals surface area contributed by atoms with Gasteiger partial charge in [0, 0.05) is 43.9 Å². The predicted molar refractivity (Wildman–Crippen MR) is 112 cm³/mol. The molecule has 2 unspecified atom stereocenters. The zero-order chi connectivity index (χ0) is 19.5. The molecule has 0 amide bonds. The molecular formula is C20H29ClN6O.